The van der Waals surface area contributed by atoms with Crippen molar-refractivity contribution in [3.05, 3.63) is 108 Å². The van der Waals surface area contributed by atoms with Crippen molar-refractivity contribution in [2.24, 2.45) is 0 Å². The lowest BCUT2D eigenvalue weighted by Crippen LogP contribution is -2.16. The van der Waals surface area contributed by atoms with Gasteiger partial charge in [-0.1, -0.05) is 36.4 Å². The fraction of sp³-hybridized carbons (Fsp3) is 0.103. The van der Waals surface area contributed by atoms with Crippen LogP contribution >= 0.6 is 0 Å². The number of fused-ring (bicyclic) bond motifs is 1. The summed E-state index contributed by atoms with van der Waals surface area (Å²) < 4.78 is 78.0. The zero-order valence-electron chi connectivity index (χ0n) is 20.9. The highest BCUT2D eigenvalue weighted by molar-refractivity contribution is 7.90. The Kier molecular flexibility index (Phi) is 6.92. The predicted molar refractivity (Wildman–Crippen MR) is 143 cm³/mol. The van der Waals surface area contributed by atoms with Gasteiger partial charge in [-0.05, 0) is 59.2 Å². The maximum Gasteiger partial charge on any atom is 0.416 e. The third-order valence-corrected chi connectivity index (χ3v) is 7.44. The summed E-state index contributed by atoms with van der Waals surface area (Å²) in [5.41, 5.74) is 2.97. The number of nitrogens with one attached hydrogen (secondary N) is 1. The van der Waals surface area contributed by atoms with Gasteiger partial charge < -0.3 is 5.32 Å². The molecule has 0 bridgehead atoms. The summed E-state index contributed by atoms with van der Waals surface area (Å²) >= 11 is 0. The van der Waals surface area contributed by atoms with Gasteiger partial charge in [0.05, 0.1) is 34.5 Å². The van der Waals surface area contributed by atoms with Gasteiger partial charge in [-0.15, -0.1) is 0 Å². The number of halogens is 4. The molecule has 2 aromatic heterocycles. The first-order valence-electron chi connectivity index (χ1n) is 11.9. The maximum absolute atomic E-state index is 14.0. The van der Waals surface area contributed by atoms with E-state index in [0.717, 1.165) is 28.6 Å². The fourth-order valence-corrected chi connectivity index (χ4v) is 4.87. The topological polar surface area (TPSA) is 80.5 Å². The molecule has 1 amide bonds. The molecule has 40 heavy (non-hydrogen) atoms. The smallest absolute Gasteiger partial charge is 0.323 e. The molecule has 0 spiro atoms. The summed E-state index contributed by atoms with van der Waals surface area (Å²) in [5, 5.41) is 2.21. The van der Waals surface area contributed by atoms with Crippen molar-refractivity contribution in [2.45, 2.75) is 17.5 Å². The molecule has 0 aliphatic rings. The van der Waals surface area contributed by atoms with Crippen molar-refractivity contribution >= 4 is 27.1 Å². The van der Waals surface area contributed by atoms with Crippen LogP contribution in [0.15, 0.2) is 96.2 Å². The van der Waals surface area contributed by atoms with Gasteiger partial charge in [0.15, 0.2) is 9.84 Å². The molecule has 0 saturated carbocycles. The molecule has 0 atom stereocenters. The van der Waals surface area contributed by atoms with Crippen molar-refractivity contribution < 1.29 is 30.8 Å². The molecule has 6 nitrogen and oxygen atoms in total. The number of sulfone groups is 1. The van der Waals surface area contributed by atoms with E-state index in [1.165, 1.54) is 0 Å². The Morgan fingerprint density at radius 1 is 0.900 bits per heavy atom. The molecule has 0 fully saturated rings. The predicted octanol–water partition coefficient (Wildman–Crippen LogP) is 6.41. The van der Waals surface area contributed by atoms with Gasteiger partial charge >= 0.3 is 6.18 Å². The lowest BCUT2D eigenvalue weighted by molar-refractivity contribution is -0.137. The molecule has 11 heteroatoms. The minimum atomic E-state index is -4.66. The summed E-state index contributed by atoms with van der Waals surface area (Å²) in [6.45, 7) is 0. The Bertz CT molecular complexity index is 1830. The van der Waals surface area contributed by atoms with E-state index < -0.39 is 39.0 Å². The number of benzene rings is 3. The molecular formula is C29H21F4N3O3S. The summed E-state index contributed by atoms with van der Waals surface area (Å²) in [7, 11) is -3.29. The van der Waals surface area contributed by atoms with Crippen LogP contribution in [0.5, 0.6) is 0 Å². The first-order valence-corrected chi connectivity index (χ1v) is 13.8. The summed E-state index contributed by atoms with van der Waals surface area (Å²) in [4.78, 5) is 17.1. The van der Waals surface area contributed by atoms with Gasteiger partial charge in [-0.25, -0.2) is 17.8 Å². The zero-order chi connectivity index (χ0) is 28.7. The number of alkyl halides is 3. The number of anilines is 1. The third-order valence-electron chi connectivity index (χ3n) is 6.31. The number of carbonyl (C=O) groups is 1. The zero-order valence-corrected chi connectivity index (χ0v) is 21.7. The molecule has 2 heterocycles. The second kappa shape index (κ2) is 10.2. The number of nitrogens with zero attached hydrogens (tertiary/aromatic N) is 2. The lowest BCUT2D eigenvalue weighted by Gasteiger charge is -2.11. The maximum atomic E-state index is 14.0. The minimum absolute atomic E-state index is 0.162. The molecule has 204 valence electrons. The van der Waals surface area contributed by atoms with Gasteiger partial charge in [0.2, 0.25) is 5.91 Å². The van der Waals surface area contributed by atoms with Gasteiger partial charge in [-0.2, -0.15) is 13.2 Å². The van der Waals surface area contributed by atoms with Gasteiger partial charge in [-0.3, -0.25) is 9.20 Å². The highest BCUT2D eigenvalue weighted by atomic mass is 32.2. The Morgan fingerprint density at radius 2 is 1.57 bits per heavy atom. The SMILES string of the molecule is CS(=O)(=O)c1ccc(-c2ccn3c(-c4ccc(CC(=O)Nc5cc(C(F)(F)F)ccc5F)cc4)cnc3c2)cc1. The van der Waals surface area contributed by atoms with E-state index in [4.69, 9.17) is 0 Å². The average Bonchev–Trinajstić information content (AvgIpc) is 3.33. The van der Waals surface area contributed by atoms with Gasteiger partial charge in [0.1, 0.15) is 11.5 Å². The molecule has 1 N–H and O–H groups in total. The number of aromatic nitrogens is 2. The lowest BCUT2D eigenvalue weighted by atomic mass is 10.1. The third kappa shape index (κ3) is 5.74. The molecule has 0 saturated heterocycles. The normalized spacial score (nSPS) is 12.0. The minimum Gasteiger partial charge on any atom is -0.323 e. The second-order valence-corrected chi connectivity index (χ2v) is 11.2. The number of carbonyl (C=O) groups excluding carboxylic acids is 1. The molecule has 0 radical (unpaired) electrons. The van der Waals surface area contributed by atoms with Crippen LogP contribution in [0, 0.1) is 5.82 Å². The van der Waals surface area contributed by atoms with E-state index in [-0.39, 0.29) is 11.3 Å². The van der Waals surface area contributed by atoms with Crippen LogP contribution in [0.3, 0.4) is 0 Å². The second-order valence-electron chi connectivity index (χ2n) is 9.20. The Hall–Kier alpha value is -4.51. The first kappa shape index (κ1) is 27.1. The number of imidazole rings is 1. The van der Waals surface area contributed by atoms with Crippen LogP contribution in [0.2, 0.25) is 0 Å². The fourth-order valence-electron chi connectivity index (χ4n) is 4.24. The quantitative estimate of drug-likeness (QED) is 0.241. The van der Waals surface area contributed by atoms with Crippen molar-refractivity contribution in [3.8, 4) is 22.4 Å². The average molecular weight is 568 g/mol. The Labute approximate surface area is 226 Å². The number of amides is 1. The number of rotatable bonds is 6. The van der Waals surface area contributed by atoms with E-state index in [1.54, 1.807) is 54.7 Å². The molecule has 5 rings (SSSR count). The first-order chi connectivity index (χ1) is 18.9. The van der Waals surface area contributed by atoms with Crippen molar-refractivity contribution in [1.82, 2.24) is 9.38 Å². The summed E-state index contributed by atoms with van der Waals surface area (Å²) in [5.74, 6) is -1.61. The van der Waals surface area contributed by atoms with Crippen LogP contribution in [-0.4, -0.2) is 30.0 Å². The van der Waals surface area contributed by atoms with E-state index in [2.05, 4.69) is 10.3 Å². The van der Waals surface area contributed by atoms with Crippen molar-refractivity contribution in [3.63, 3.8) is 0 Å². The van der Waals surface area contributed by atoms with Crippen LogP contribution in [0.25, 0.3) is 28.0 Å². The molecule has 3 aromatic carbocycles. The molecule has 0 aliphatic heterocycles. The molecule has 5 aromatic rings. The standard InChI is InChI=1S/C29H21F4N3O3S/c1-40(38,39)23-9-6-19(7-10-23)21-12-13-36-26(17-34-27(36)15-21)20-4-2-18(3-5-20)14-28(37)35-25-16-22(29(31,32)33)8-11-24(25)30/h2-13,15-17H,14H2,1H3,(H,35,37). The highest BCUT2D eigenvalue weighted by Crippen LogP contribution is 2.32. The van der Waals surface area contributed by atoms with Crippen LogP contribution in [0.4, 0.5) is 23.2 Å². The molecular weight excluding hydrogens is 546 g/mol. The van der Waals surface area contributed by atoms with Crippen molar-refractivity contribution in [2.75, 3.05) is 11.6 Å². The van der Waals surface area contributed by atoms with Gasteiger partial charge in [0, 0.05) is 18.0 Å². The largest absolute Gasteiger partial charge is 0.416 e. The van der Waals surface area contributed by atoms with Crippen molar-refractivity contribution in [1.29, 1.82) is 0 Å². The Morgan fingerprint density at radius 3 is 2.23 bits per heavy atom. The van der Waals surface area contributed by atoms with Crippen LogP contribution in [0.1, 0.15) is 11.1 Å². The monoisotopic (exact) mass is 567 g/mol. The summed E-state index contributed by atoms with van der Waals surface area (Å²) in [6.07, 6.45) is -0.117. The number of pyridine rings is 1. The molecule has 0 unspecified atom stereocenters. The number of hydrogen-bond donors (Lipinski definition) is 1. The molecule has 0 aliphatic carbocycles. The van der Waals surface area contributed by atoms with E-state index in [0.29, 0.717) is 29.4 Å². The summed E-state index contributed by atoms with van der Waals surface area (Å²) in [6, 6.07) is 19.2. The highest BCUT2D eigenvalue weighted by Gasteiger charge is 2.31. The number of hydrogen-bond acceptors (Lipinski definition) is 4. The van der Waals surface area contributed by atoms with Gasteiger partial charge in [0.25, 0.3) is 0 Å². The van der Waals surface area contributed by atoms with E-state index >= 15 is 0 Å². The van der Waals surface area contributed by atoms with Crippen LogP contribution < -0.4 is 5.32 Å². The van der Waals surface area contributed by atoms with E-state index in [1.807, 2.05) is 22.7 Å². The van der Waals surface area contributed by atoms with E-state index in [9.17, 15) is 30.8 Å². The van der Waals surface area contributed by atoms with Crippen LogP contribution in [-0.2, 0) is 27.2 Å². The Balaban J connectivity index is 1.30.